The molecule has 20 heavy (non-hydrogen) atoms. The molecule has 0 radical (unpaired) electrons. The number of hydrogen-bond donors (Lipinski definition) is 1. The fourth-order valence-electron chi connectivity index (χ4n) is 1.94. The second-order valence-corrected chi connectivity index (χ2v) is 6.79. The van der Waals surface area contributed by atoms with E-state index in [-0.39, 0.29) is 11.4 Å². The number of fused-ring (bicyclic) bond motifs is 1. The van der Waals surface area contributed by atoms with Crippen LogP contribution in [0.3, 0.4) is 0 Å². The minimum absolute atomic E-state index is 0.0265. The second-order valence-electron chi connectivity index (χ2n) is 5.78. The molecule has 0 spiro atoms. The van der Waals surface area contributed by atoms with Crippen LogP contribution in [0.5, 0.6) is 0 Å². The van der Waals surface area contributed by atoms with Crippen molar-refractivity contribution in [3.8, 4) is 0 Å². The molecule has 5 heteroatoms. The van der Waals surface area contributed by atoms with Crippen LogP contribution in [-0.2, 0) is 4.79 Å². The van der Waals surface area contributed by atoms with E-state index in [0.29, 0.717) is 6.54 Å². The lowest BCUT2D eigenvalue weighted by molar-refractivity contribution is -0.121. The van der Waals surface area contributed by atoms with Gasteiger partial charge in [0.15, 0.2) is 5.13 Å². The molecule has 0 saturated carbocycles. The number of amides is 1. The van der Waals surface area contributed by atoms with Gasteiger partial charge in [-0.3, -0.25) is 4.79 Å². The van der Waals surface area contributed by atoms with Crippen molar-refractivity contribution in [2.24, 2.45) is 0 Å². The average Bonchev–Trinajstić information content (AvgIpc) is 2.77. The molecule has 2 rings (SSSR count). The molecule has 0 aliphatic heterocycles. The van der Waals surface area contributed by atoms with Crippen molar-refractivity contribution in [3.05, 3.63) is 24.3 Å². The highest BCUT2D eigenvalue weighted by Gasteiger charge is 2.18. The maximum atomic E-state index is 12.0. The van der Waals surface area contributed by atoms with E-state index in [2.05, 4.69) is 16.4 Å². The lowest BCUT2D eigenvalue weighted by atomic mass is 10.1. The van der Waals surface area contributed by atoms with Gasteiger partial charge in [-0.25, -0.2) is 4.98 Å². The van der Waals surface area contributed by atoms with Crippen LogP contribution in [0.2, 0.25) is 0 Å². The van der Waals surface area contributed by atoms with Crippen LogP contribution in [0.4, 0.5) is 5.13 Å². The van der Waals surface area contributed by atoms with E-state index in [4.69, 9.17) is 0 Å². The summed E-state index contributed by atoms with van der Waals surface area (Å²) in [6.45, 7) is 9.10. The monoisotopic (exact) mass is 291 g/mol. The van der Waals surface area contributed by atoms with Crippen molar-refractivity contribution in [3.63, 3.8) is 0 Å². The van der Waals surface area contributed by atoms with Gasteiger partial charge in [0.05, 0.1) is 16.8 Å². The number of para-hydroxylation sites is 1. The molecule has 0 saturated heterocycles. The molecule has 2 aromatic rings. The molecular formula is C15H21N3OS. The molecule has 0 aliphatic rings. The summed E-state index contributed by atoms with van der Waals surface area (Å²) in [5.41, 5.74) is 0.784. The van der Waals surface area contributed by atoms with E-state index in [1.54, 1.807) is 11.3 Å². The quantitative estimate of drug-likeness (QED) is 0.941. The van der Waals surface area contributed by atoms with Crippen molar-refractivity contribution in [1.82, 2.24) is 10.3 Å². The van der Waals surface area contributed by atoms with Crippen LogP contribution in [0.25, 0.3) is 10.2 Å². The van der Waals surface area contributed by atoms with Crippen molar-refractivity contribution >= 4 is 32.6 Å². The van der Waals surface area contributed by atoms with E-state index in [1.165, 1.54) is 0 Å². The highest BCUT2D eigenvalue weighted by molar-refractivity contribution is 7.22. The molecule has 4 nitrogen and oxygen atoms in total. The Morgan fingerprint density at radius 3 is 2.65 bits per heavy atom. The van der Waals surface area contributed by atoms with Crippen LogP contribution in [0.1, 0.15) is 27.7 Å². The van der Waals surface area contributed by atoms with Crippen molar-refractivity contribution in [2.45, 2.75) is 33.2 Å². The van der Waals surface area contributed by atoms with Gasteiger partial charge in [0.2, 0.25) is 5.91 Å². The van der Waals surface area contributed by atoms with E-state index in [0.717, 1.165) is 21.9 Å². The SMILES string of the molecule is CCN(CC(=O)NC(C)(C)C)c1nc2ccccc2s1. The summed E-state index contributed by atoms with van der Waals surface area (Å²) in [6.07, 6.45) is 0. The van der Waals surface area contributed by atoms with Crippen LogP contribution < -0.4 is 10.2 Å². The summed E-state index contributed by atoms with van der Waals surface area (Å²) < 4.78 is 1.15. The molecule has 0 unspecified atom stereocenters. The number of likely N-dealkylation sites (N-methyl/N-ethyl adjacent to an activating group) is 1. The summed E-state index contributed by atoms with van der Waals surface area (Å²) in [4.78, 5) is 18.6. The first-order chi connectivity index (χ1) is 9.39. The molecule has 1 amide bonds. The summed E-state index contributed by atoms with van der Waals surface area (Å²) in [5.74, 6) is 0.0265. The summed E-state index contributed by atoms with van der Waals surface area (Å²) in [7, 11) is 0. The van der Waals surface area contributed by atoms with Crippen molar-refractivity contribution in [2.75, 3.05) is 18.0 Å². The van der Waals surface area contributed by atoms with Crippen LogP contribution in [-0.4, -0.2) is 29.5 Å². The lowest BCUT2D eigenvalue weighted by Gasteiger charge is -2.24. The topological polar surface area (TPSA) is 45.2 Å². The maximum Gasteiger partial charge on any atom is 0.240 e. The minimum Gasteiger partial charge on any atom is -0.350 e. The number of nitrogens with one attached hydrogen (secondary N) is 1. The Balaban J connectivity index is 2.13. The molecular weight excluding hydrogens is 270 g/mol. The molecule has 0 bridgehead atoms. The predicted molar refractivity (Wildman–Crippen MR) is 85.4 cm³/mol. The Morgan fingerprint density at radius 1 is 1.35 bits per heavy atom. The van der Waals surface area contributed by atoms with Crippen molar-refractivity contribution < 1.29 is 4.79 Å². The number of thiazole rings is 1. The van der Waals surface area contributed by atoms with Gasteiger partial charge in [0.25, 0.3) is 0 Å². The summed E-state index contributed by atoms with van der Waals surface area (Å²) in [6, 6.07) is 8.04. The molecule has 0 aliphatic carbocycles. The number of anilines is 1. The van der Waals surface area contributed by atoms with E-state index >= 15 is 0 Å². The third-order valence-corrected chi connectivity index (χ3v) is 3.88. The zero-order chi connectivity index (χ0) is 14.8. The lowest BCUT2D eigenvalue weighted by Crippen LogP contribution is -2.46. The largest absolute Gasteiger partial charge is 0.350 e. The molecule has 108 valence electrons. The zero-order valence-electron chi connectivity index (χ0n) is 12.4. The Hall–Kier alpha value is -1.62. The van der Waals surface area contributed by atoms with Gasteiger partial charge in [-0.15, -0.1) is 0 Å². The molecule has 1 aromatic carbocycles. The zero-order valence-corrected chi connectivity index (χ0v) is 13.3. The number of nitrogens with zero attached hydrogens (tertiary/aromatic N) is 2. The maximum absolute atomic E-state index is 12.0. The predicted octanol–water partition coefficient (Wildman–Crippen LogP) is 3.04. The Morgan fingerprint density at radius 2 is 2.05 bits per heavy atom. The van der Waals surface area contributed by atoms with Gasteiger partial charge in [-0.05, 0) is 39.8 Å². The van der Waals surface area contributed by atoms with Crippen LogP contribution in [0.15, 0.2) is 24.3 Å². The summed E-state index contributed by atoms with van der Waals surface area (Å²) in [5, 5.41) is 3.88. The van der Waals surface area contributed by atoms with Crippen molar-refractivity contribution in [1.29, 1.82) is 0 Å². The number of aromatic nitrogens is 1. The van der Waals surface area contributed by atoms with Gasteiger partial charge in [0, 0.05) is 12.1 Å². The number of carbonyl (C=O) groups is 1. The molecule has 1 N–H and O–H groups in total. The number of carbonyl (C=O) groups excluding carboxylic acids is 1. The van der Waals surface area contributed by atoms with Gasteiger partial charge in [-0.1, -0.05) is 23.5 Å². The molecule has 0 atom stereocenters. The van der Waals surface area contributed by atoms with E-state index in [9.17, 15) is 4.79 Å². The first-order valence-electron chi connectivity index (χ1n) is 6.80. The molecule has 1 heterocycles. The number of benzene rings is 1. The third kappa shape index (κ3) is 3.70. The van der Waals surface area contributed by atoms with Crippen LogP contribution in [0, 0.1) is 0 Å². The van der Waals surface area contributed by atoms with E-state index < -0.39 is 0 Å². The Labute approximate surface area is 123 Å². The minimum atomic E-state index is -0.204. The van der Waals surface area contributed by atoms with Gasteiger partial charge in [0.1, 0.15) is 0 Å². The average molecular weight is 291 g/mol. The Kier molecular flexibility index (Phi) is 4.28. The van der Waals surface area contributed by atoms with Gasteiger partial charge < -0.3 is 10.2 Å². The molecule has 1 aromatic heterocycles. The van der Waals surface area contributed by atoms with Gasteiger partial charge in [-0.2, -0.15) is 0 Å². The first-order valence-corrected chi connectivity index (χ1v) is 7.62. The van der Waals surface area contributed by atoms with Gasteiger partial charge >= 0.3 is 0 Å². The normalized spacial score (nSPS) is 11.6. The first kappa shape index (κ1) is 14.8. The highest BCUT2D eigenvalue weighted by Crippen LogP contribution is 2.28. The number of rotatable bonds is 4. The number of hydrogen-bond acceptors (Lipinski definition) is 4. The third-order valence-electron chi connectivity index (χ3n) is 2.78. The van der Waals surface area contributed by atoms with E-state index in [1.807, 2.05) is 50.8 Å². The fourth-order valence-corrected chi connectivity index (χ4v) is 2.97. The van der Waals surface area contributed by atoms with Crippen LogP contribution >= 0.6 is 11.3 Å². The standard InChI is InChI=1S/C15H21N3OS/c1-5-18(10-13(19)17-15(2,3)4)14-16-11-8-6-7-9-12(11)20-14/h6-9H,5,10H2,1-4H3,(H,17,19). The molecule has 0 fully saturated rings. The fraction of sp³-hybridized carbons (Fsp3) is 0.467. The highest BCUT2D eigenvalue weighted by atomic mass is 32.1. The Bertz CT molecular complexity index is 567. The summed E-state index contributed by atoms with van der Waals surface area (Å²) >= 11 is 1.62. The smallest absolute Gasteiger partial charge is 0.240 e. The second kappa shape index (κ2) is 5.79.